The van der Waals surface area contributed by atoms with Crippen LogP contribution < -0.4 is 10.6 Å². The molecule has 162 valence electrons. The molecular formula is C23H37N3O2S. The molecule has 2 fully saturated rings. The molecule has 5 nitrogen and oxygen atoms in total. The van der Waals surface area contributed by atoms with Crippen molar-refractivity contribution in [1.29, 1.82) is 0 Å². The average Bonchev–Trinajstić information content (AvgIpc) is 3.39. The van der Waals surface area contributed by atoms with Gasteiger partial charge in [0.15, 0.2) is 5.13 Å². The first-order valence-corrected chi connectivity index (χ1v) is 12.4. The Labute approximate surface area is 179 Å². The molecule has 3 aliphatic carbocycles. The number of aliphatic hydroxyl groups is 1. The molecule has 1 aromatic heterocycles. The van der Waals surface area contributed by atoms with Gasteiger partial charge in [0.1, 0.15) is 0 Å². The van der Waals surface area contributed by atoms with E-state index in [0.29, 0.717) is 6.04 Å². The summed E-state index contributed by atoms with van der Waals surface area (Å²) in [4.78, 5) is 19.0. The number of amides is 1. The van der Waals surface area contributed by atoms with E-state index in [0.717, 1.165) is 50.2 Å². The third kappa shape index (κ3) is 4.07. The molecule has 0 unspecified atom stereocenters. The number of nitrogens with zero attached hydrogens (tertiary/aromatic N) is 1. The van der Waals surface area contributed by atoms with Crippen molar-refractivity contribution in [2.75, 3.05) is 11.9 Å². The number of aliphatic hydroxyl groups excluding tert-OH is 1. The fourth-order valence-corrected chi connectivity index (χ4v) is 7.04. The highest BCUT2D eigenvalue weighted by atomic mass is 32.1. The van der Waals surface area contributed by atoms with Gasteiger partial charge >= 0.3 is 0 Å². The quantitative estimate of drug-likeness (QED) is 0.575. The highest BCUT2D eigenvalue weighted by Gasteiger charge is 2.54. The second-order valence-corrected chi connectivity index (χ2v) is 11.1. The molecule has 0 aromatic carbocycles. The predicted octanol–water partition coefficient (Wildman–Crippen LogP) is 4.32. The van der Waals surface area contributed by atoms with E-state index in [9.17, 15) is 9.90 Å². The highest BCUT2D eigenvalue weighted by molar-refractivity contribution is 7.15. The largest absolute Gasteiger partial charge is 0.392 e. The van der Waals surface area contributed by atoms with Crippen LogP contribution in [0, 0.1) is 23.2 Å². The molecule has 0 saturated heterocycles. The van der Waals surface area contributed by atoms with Crippen LogP contribution in [0.3, 0.4) is 0 Å². The van der Waals surface area contributed by atoms with E-state index in [1.165, 1.54) is 17.0 Å². The van der Waals surface area contributed by atoms with Crippen molar-refractivity contribution < 1.29 is 9.90 Å². The summed E-state index contributed by atoms with van der Waals surface area (Å²) in [6, 6.07) is 0.376. The smallest absolute Gasteiger partial charge is 0.223 e. The van der Waals surface area contributed by atoms with Crippen molar-refractivity contribution in [2.24, 2.45) is 23.2 Å². The first-order chi connectivity index (χ1) is 13.8. The number of rotatable bonds is 7. The molecule has 1 amide bonds. The minimum atomic E-state index is -0.449. The number of thiazole rings is 1. The second kappa shape index (κ2) is 8.18. The normalized spacial score (nSPS) is 34.8. The molecule has 2 saturated carbocycles. The van der Waals surface area contributed by atoms with Gasteiger partial charge in [-0.25, -0.2) is 4.98 Å². The molecule has 6 heteroatoms. The fourth-order valence-electron chi connectivity index (χ4n) is 5.75. The van der Waals surface area contributed by atoms with Gasteiger partial charge in [-0.05, 0) is 55.8 Å². The van der Waals surface area contributed by atoms with Crippen molar-refractivity contribution in [3.63, 3.8) is 0 Å². The summed E-state index contributed by atoms with van der Waals surface area (Å²) in [6.45, 7) is 9.75. The zero-order valence-corrected chi connectivity index (χ0v) is 19.1. The lowest BCUT2D eigenvalue weighted by Crippen LogP contribution is -2.53. The first kappa shape index (κ1) is 21.1. The maximum Gasteiger partial charge on any atom is 0.223 e. The number of anilines is 1. The van der Waals surface area contributed by atoms with Gasteiger partial charge in [-0.3, -0.25) is 4.79 Å². The van der Waals surface area contributed by atoms with Crippen LogP contribution in [0.5, 0.6) is 0 Å². The number of aromatic nitrogens is 1. The van der Waals surface area contributed by atoms with Gasteiger partial charge in [-0.15, -0.1) is 11.3 Å². The molecule has 0 bridgehead atoms. The van der Waals surface area contributed by atoms with Gasteiger partial charge in [-0.2, -0.15) is 0 Å². The average molecular weight is 420 g/mol. The molecule has 29 heavy (non-hydrogen) atoms. The van der Waals surface area contributed by atoms with Crippen LogP contribution in [-0.2, 0) is 11.2 Å². The lowest BCUT2D eigenvalue weighted by atomic mass is 9.53. The van der Waals surface area contributed by atoms with Crippen molar-refractivity contribution in [2.45, 2.75) is 90.7 Å². The summed E-state index contributed by atoms with van der Waals surface area (Å²) in [5, 5.41) is 19.1. The summed E-state index contributed by atoms with van der Waals surface area (Å²) in [5.74, 6) is 0.413. The zero-order valence-electron chi connectivity index (χ0n) is 18.3. The SMILES string of the molecule is CCCCNc1nc2c(s1)C[C@]1(C)CC[C@@H]([C@H](C)C(=O)NC3CC3)[C@H](O)[C@H]1[C@@H]2C. The van der Waals surface area contributed by atoms with Crippen molar-refractivity contribution in [3.8, 4) is 0 Å². The number of carbonyl (C=O) groups excluding carboxylic acids is 1. The van der Waals surface area contributed by atoms with Gasteiger partial charge in [0.2, 0.25) is 5.91 Å². The number of fused-ring (bicyclic) bond motifs is 2. The Kier molecular flexibility index (Phi) is 5.95. The van der Waals surface area contributed by atoms with E-state index in [1.807, 2.05) is 6.92 Å². The van der Waals surface area contributed by atoms with E-state index in [-0.39, 0.29) is 35.0 Å². The summed E-state index contributed by atoms with van der Waals surface area (Å²) in [5.41, 5.74) is 1.26. The zero-order chi connectivity index (χ0) is 20.8. The molecule has 0 aliphatic heterocycles. The van der Waals surface area contributed by atoms with Crippen LogP contribution >= 0.6 is 11.3 Å². The van der Waals surface area contributed by atoms with E-state index >= 15 is 0 Å². The van der Waals surface area contributed by atoms with Crippen LogP contribution in [0.4, 0.5) is 5.13 Å². The Bertz CT molecular complexity index is 746. The van der Waals surface area contributed by atoms with Gasteiger partial charge in [0.05, 0.1) is 11.8 Å². The molecule has 0 spiro atoms. The third-order valence-corrected chi connectivity index (χ3v) is 8.74. The maximum atomic E-state index is 12.6. The van der Waals surface area contributed by atoms with E-state index in [4.69, 9.17) is 4.98 Å². The van der Waals surface area contributed by atoms with Crippen molar-refractivity contribution in [1.82, 2.24) is 10.3 Å². The first-order valence-electron chi connectivity index (χ1n) is 11.6. The molecule has 1 aromatic rings. The summed E-state index contributed by atoms with van der Waals surface area (Å²) in [6.07, 6.45) is 7.08. The highest BCUT2D eigenvalue weighted by Crippen LogP contribution is 2.57. The number of carbonyl (C=O) groups is 1. The van der Waals surface area contributed by atoms with Crippen LogP contribution in [-0.4, -0.2) is 34.7 Å². The molecule has 3 N–H and O–H groups in total. The Morgan fingerprint density at radius 1 is 1.38 bits per heavy atom. The monoisotopic (exact) mass is 419 g/mol. The molecular weight excluding hydrogens is 382 g/mol. The predicted molar refractivity (Wildman–Crippen MR) is 118 cm³/mol. The maximum absolute atomic E-state index is 12.6. The van der Waals surface area contributed by atoms with Crippen LogP contribution in [0.1, 0.15) is 82.7 Å². The summed E-state index contributed by atoms with van der Waals surface area (Å²) in [7, 11) is 0. The summed E-state index contributed by atoms with van der Waals surface area (Å²) >= 11 is 1.80. The minimum Gasteiger partial charge on any atom is -0.392 e. The van der Waals surface area contributed by atoms with Gasteiger partial charge < -0.3 is 15.7 Å². The van der Waals surface area contributed by atoms with Crippen LogP contribution in [0.25, 0.3) is 0 Å². The third-order valence-electron chi connectivity index (χ3n) is 7.71. The Morgan fingerprint density at radius 2 is 2.14 bits per heavy atom. The Balaban J connectivity index is 1.51. The van der Waals surface area contributed by atoms with E-state index in [2.05, 4.69) is 31.4 Å². The van der Waals surface area contributed by atoms with E-state index < -0.39 is 6.10 Å². The summed E-state index contributed by atoms with van der Waals surface area (Å²) < 4.78 is 0. The molecule has 1 heterocycles. The second-order valence-electron chi connectivity index (χ2n) is 10.0. The molecule has 3 aliphatic rings. The Morgan fingerprint density at radius 3 is 2.83 bits per heavy atom. The topological polar surface area (TPSA) is 74.2 Å². The lowest BCUT2D eigenvalue weighted by molar-refractivity contribution is -0.134. The molecule has 6 atom stereocenters. The lowest BCUT2D eigenvalue weighted by Gasteiger charge is -2.53. The minimum absolute atomic E-state index is 0.0385. The van der Waals surface area contributed by atoms with Gasteiger partial charge in [0.25, 0.3) is 0 Å². The van der Waals surface area contributed by atoms with Crippen LogP contribution in [0.15, 0.2) is 0 Å². The molecule has 4 rings (SSSR count). The molecule has 0 radical (unpaired) electrons. The van der Waals surface area contributed by atoms with Crippen LogP contribution in [0.2, 0.25) is 0 Å². The number of hydrogen-bond acceptors (Lipinski definition) is 5. The van der Waals surface area contributed by atoms with Gasteiger partial charge in [-0.1, -0.05) is 34.1 Å². The standard InChI is InChI=1S/C23H37N3O2S/c1-5-6-11-24-22-26-19-14(3)18-20(27)16(13(2)21(28)25-15-7-8-15)9-10-23(18,4)12-17(19)29-22/h13-16,18,20,27H,5-12H2,1-4H3,(H,24,26)(H,25,28)/t13-,14-,16-,18+,20-,23-/m0/s1. The Hall–Kier alpha value is -1.14. The number of unbranched alkanes of at least 4 members (excludes halogenated alkanes) is 1. The fraction of sp³-hybridized carbons (Fsp3) is 0.826. The number of nitrogens with one attached hydrogen (secondary N) is 2. The van der Waals surface area contributed by atoms with Gasteiger partial charge in [0, 0.05) is 29.3 Å². The van der Waals surface area contributed by atoms with Crippen molar-refractivity contribution >= 4 is 22.4 Å². The number of hydrogen-bond donors (Lipinski definition) is 3. The van der Waals surface area contributed by atoms with E-state index in [1.54, 1.807) is 11.3 Å². The van der Waals surface area contributed by atoms with Crippen molar-refractivity contribution in [3.05, 3.63) is 10.6 Å².